The van der Waals surface area contributed by atoms with E-state index in [-0.39, 0.29) is 11.5 Å². The molecule has 0 saturated heterocycles. The summed E-state index contributed by atoms with van der Waals surface area (Å²) in [5.41, 5.74) is 2.96. The van der Waals surface area contributed by atoms with Gasteiger partial charge in [-0.1, -0.05) is 45.0 Å². The summed E-state index contributed by atoms with van der Waals surface area (Å²) in [4.78, 5) is 0. The van der Waals surface area contributed by atoms with Crippen molar-refractivity contribution in [3.63, 3.8) is 0 Å². The molecule has 0 aliphatic heterocycles. The Balaban J connectivity index is 2.14. The number of hydrogen-bond donors (Lipinski definition) is 1. The number of aryl methyl sites for hydroxylation is 1. The minimum absolute atomic E-state index is 0.00755. The smallest absolute Gasteiger partial charge is 0.0594 e. The van der Waals surface area contributed by atoms with Crippen LogP contribution in [0.4, 0.5) is 0 Å². The van der Waals surface area contributed by atoms with Gasteiger partial charge >= 0.3 is 0 Å². The van der Waals surface area contributed by atoms with E-state index in [4.69, 9.17) is 0 Å². The highest BCUT2D eigenvalue weighted by atomic mass is 16.3. The van der Waals surface area contributed by atoms with Gasteiger partial charge in [0.2, 0.25) is 0 Å². The van der Waals surface area contributed by atoms with E-state index in [1.807, 2.05) is 0 Å². The largest absolute Gasteiger partial charge is 0.393 e. The number of fused-ring (bicyclic) bond motifs is 1. The van der Waals surface area contributed by atoms with Gasteiger partial charge in [-0.2, -0.15) is 0 Å². The third-order valence-corrected chi connectivity index (χ3v) is 4.00. The second-order valence-electron chi connectivity index (χ2n) is 6.41. The maximum atomic E-state index is 10.3. The molecule has 0 radical (unpaired) electrons. The SMILES string of the molecule is CC(C)(C)C(O)CC1CCCc2ccccc21. The van der Waals surface area contributed by atoms with Crippen LogP contribution in [-0.4, -0.2) is 11.2 Å². The average molecular weight is 232 g/mol. The quantitative estimate of drug-likeness (QED) is 0.820. The van der Waals surface area contributed by atoms with Crippen molar-refractivity contribution in [2.45, 2.75) is 58.5 Å². The third-order valence-electron chi connectivity index (χ3n) is 4.00. The number of aliphatic hydroxyl groups excluding tert-OH is 1. The summed E-state index contributed by atoms with van der Waals surface area (Å²) in [5, 5.41) is 10.3. The number of hydrogen-bond acceptors (Lipinski definition) is 1. The van der Waals surface area contributed by atoms with Crippen LogP contribution in [0.25, 0.3) is 0 Å². The topological polar surface area (TPSA) is 20.2 Å². The Morgan fingerprint density at radius 2 is 2.00 bits per heavy atom. The molecule has 1 nitrogen and oxygen atoms in total. The zero-order chi connectivity index (χ0) is 12.5. The summed E-state index contributed by atoms with van der Waals surface area (Å²) in [6, 6.07) is 8.74. The Kier molecular flexibility index (Phi) is 3.58. The molecule has 2 rings (SSSR count). The molecule has 1 heteroatoms. The predicted octanol–water partition coefficient (Wildman–Crippen LogP) is 3.90. The molecule has 0 amide bonds. The summed E-state index contributed by atoms with van der Waals surface area (Å²) < 4.78 is 0. The molecule has 0 saturated carbocycles. The molecule has 1 aromatic carbocycles. The van der Waals surface area contributed by atoms with Crippen LogP contribution in [0.5, 0.6) is 0 Å². The fraction of sp³-hybridized carbons (Fsp3) is 0.625. The normalized spacial score (nSPS) is 22.0. The number of rotatable bonds is 2. The highest BCUT2D eigenvalue weighted by molar-refractivity contribution is 5.32. The van der Waals surface area contributed by atoms with Gasteiger partial charge in [-0.25, -0.2) is 0 Å². The fourth-order valence-corrected chi connectivity index (χ4v) is 2.72. The van der Waals surface area contributed by atoms with Gasteiger partial charge in [0.1, 0.15) is 0 Å². The lowest BCUT2D eigenvalue weighted by Gasteiger charge is -2.32. The van der Waals surface area contributed by atoms with Crippen molar-refractivity contribution in [3.05, 3.63) is 35.4 Å². The highest BCUT2D eigenvalue weighted by Gasteiger charge is 2.28. The van der Waals surface area contributed by atoms with Crippen LogP contribution in [0.1, 0.15) is 57.1 Å². The van der Waals surface area contributed by atoms with Crippen molar-refractivity contribution < 1.29 is 5.11 Å². The first-order chi connectivity index (χ1) is 7.98. The lowest BCUT2D eigenvalue weighted by molar-refractivity contribution is 0.0478. The molecule has 1 N–H and O–H groups in total. The first-order valence-corrected chi connectivity index (χ1v) is 6.74. The molecule has 0 heterocycles. The number of aliphatic hydroxyl groups is 1. The van der Waals surface area contributed by atoms with Gasteiger partial charge in [0.15, 0.2) is 0 Å². The van der Waals surface area contributed by atoms with Crippen LogP contribution in [0.3, 0.4) is 0 Å². The minimum Gasteiger partial charge on any atom is -0.393 e. The van der Waals surface area contributed by atoms with Crippen LogP contribution in [-0.2, 0) is 6.42 Å². The third kappa shape index (κ3) is 2.90. The zero-order valence-corrected chi connectivity index (χ0v) is 11.2. The average Bonchev–Trinajstić information content (AvgIpc) is 2.28. The van der Waals surface area contributed by atoms with E-state index in [0.29, 0.717) is 5.92 Å². The summed E-state index contributed by atoms with van der Waals surface area (Å²) >= 11 is 0. The molecule has 0 spiro atoms. The molecule has 0 bridgehead atoms. The molecule has 2 atom stereocenters. The van der Waals surface area contributed by atoms with E-state index in [1.165, 1.54) is 30.4 Å². The van der Waals surface area contributed by atoms with Gasteiger partial charge in [-0.3, -0.25) is 0 Å². The predicted molar refractivity (Wildman–Crippen MR) is 72.2 cm³/mol. The van der Waals surface area contributed by atoms with Gasteiger partial charge in [0, 0.05) is 0 Å². The Bertz CT molecular complexity index is 375. The van der Waals surface area contributed by atoms with Crippen molar-refractivity contribution in [3.8, 4) is 0 Å². The van der Waals surface area contributed by atoms with Crippen LogP contribution in [0, 0.1) is 5.41 Å². The van der Waals surface area contributed by atoms with Gasteiger partial charge in [-0.15, -0.1) is 0 Å². The molecular formula is C16H24O. The van der Waals surface area contributed by atoms with E-state index >= 15 is 0 Å². The standard InChI is InChI=1S/C16H24O/c1-16(2,3)15(17)11-13-9-6-8-12-7-4-5-10-14(12)13/h4-5,7,10,13,15,17H,6,8-9,11H2,1-3H3. The van der Waals surface area contributed by atoms with Crippen molar-refractivity contribution in [1.29, 1.82) is 0 Å². The molecule has 1 aromatic rings. The van der Waals surface area contributed by atoms with Crippen LogP contribution < -0.4 is 0 Å². The molecule has 0 aromatic heterocycles. The van der Waals surface area contributed by atoms with Gasteiger partial charge in [-0.05, 0) is 48.1 Å². The monoisotopic (exact) mass is 232 g/mol. The van der Waals surface area contributed by atoms with E-state index in [2.05, 4.69) is 45.0 Å². The Morgan fingerprint density at radius 3 is 2.71 bits per heavy atom. The highest BCUT2D eigenvalue weighted by Crippen LogP contribution is 2.37. The van der Waals surface area contributed by atoms with E-state index in [9.17, 15) is 5.11 Å². The number of benzene rings is 1. The molecule has 17 heavy (non-hydrogen) atoms. The first kappa shape index (κ1) is 12.6. The van der Waals surface area contributed by atoms with E-state index in [1.54, 1.807) is 0 Å². The molecule has 0 fully saturated rings. The fourth-order valence-electron chi connectivity index (χ4n) is 2.72. The zero-order valence-electron chi connectivity index (χ0n) is 11.2. The maximum absolute atomic E-state index is 10.3. The summed E-state index contributed by atoms with van der Waals surface area (Å²) in [7, 11) is 0. The Morgan fingerprint density at radius 1 is 1.29 bits per heavy atom. The first-order valence-electron chi connectivity index (χ1n) is 6.74. The summed E-state index contributed by atoms with van der Waals surface area (Å²) in [5.74, 6) is 0.550. The van der Waals surface area contributed by atoms with Gasteiger partial charge in [0.05, 0.1) is 6.10 Å². The lowest BCUT2D eigenvalue weighted by Crippen LogP contribution is -2.28. The molecule has 1 aliphatic carbocycles. The van der Waals surface area contributed by atoms with Gasteiger partial charge < -0.3 is 5.11 Å². The van der Waals surface area contributed by atoms with Crippen LogP contribution in [0.2, 0.25) is 0 Å². The molecule has 1 aliphatic rings. The van der Waals surface area contributed by atoms with E-state index in [0.717, 1.165) is 6.42 Å². The Labute approximate surface area is 105 Å². The van der Waals surface area contributed by atoms with Crippen molar-refractivity contribution in [1.82, 2.24) is 0 Å². The van der Waals surface area contributed by atoms with E-state index < -0.39 is 0 Å². The van der Waals surface area contributed by atoms with Crippen LogP contribution in [0.15, 0.2) is 24.3 Å². The summed E-state index contributed by atoms with van der Waals surface area (Å²) in [6.07, 6.45) is 4.39. The van der Waals surface area contributed by atoms with Crippen LogP contribution >= 0.6 is 0 Å². The minimum atomic E-state index is -0.210. The second-order valence-corrected chi connectivity index (χ2v) is 6.41. The van der Waals surface area contributed by atoms with Crippen molar-refractivity contribution in [2.24, 2.45) is 5.41 Å². The second kappa shape index (κ2) is 4.81. The lowest BCUT2D eigenvalue weighted by atomic mass is 9.76. The van der Waals surface area contributed by atoms with Gasteiger partial charge in [0.25, 0.3) is 0 Å². The molecule has 94 valence electrons. The maximum Gasteiger partial charge on any atom is 0.0594 e. The molecular weight excluding hydrogens is 208 g/mol. The van der Waals surface area contributed by atoms with Crippen molar-refractivity contribution in [2.75, 3.05) is 0 Å². The summed E-state index contributed by atoms with van der Waals surface area (Å²) in [6.45, 7) is 6.35. The Hall–Kier alpha value is -0.820. The molecule has 2 unspecified atom stereocenters. The van der Waals surface area contributed by atoms with Crippen molar-refractivity contribution >= 4 is 0 Å².